The van der Waals surface area contributed by atoms with Gasteiger partial charge in [0.15, 0.2) is 0 Å². The van der Waals surface area contributed by atoms with E-state index < -0.39 is 58.9 Å². The number of carboxylic acid groups (broad SMARTS) is 1. The van der Waals surface area contributed by atoms with Crippen molar-refractivity contribution in [3.05, 3.63) is 70.5 Å². The van der Waals surface area contributed by atoms with Crippen LogP contribution in [0.1, 0.15) is 74.8 Å². The van der Waals surface area contributed by atoms with Crippen LogP contribution in [0.4, 0.5) is 35.5 Å². The SMILES string of the molecule is C[C@H](O[C@@H]1CC[C@@H]2C(C(C)(C)C)N(C(=O)O)C[C@@H]2[C@H]1c1ccc(F)cc1)c1cc(C(F)(F)F)cc(C(F)(F)F)c1. The van der Waals surface area contributed by atoms with Crippen LogP contribution in [0, 0.1) is 23.1 Å². The predicted molar refractivity (Wildman–Crippen MR) is 133 cm³/mol. The molecule has 2 aliphatic rings. The number of benzene rings is 2. The van der Waals surface area contributed by atoms with E-state index in [9.17, 15) is 40.6 Å². The molecule has 11 heteroatoms. The average Bonchev–Trinajstić information content (AvgIpc) is 3.24. The van der Waals surface area contributed by atoms with Crippen LogP contribution >= 0.6 is 0 Å². The second-order valence-corrected chi connectivity index (χ2v) is 11.9. The third-order valence-corrected chi connectivity index (χ3v) is 8.19. The first kappa shape index (κ1) is 30.1. The lowest BCUT2D eigenvalue weighted by molar-refractivity contribution is -0.143. The number of nitrogens with zero attached hydrogens (tertiary/aromatic N) is 1. The summed E-state index contributed by atoms with van der Waals surface area (Å²) in [5, 5.41) is 9.99. The van der Waals surface area contributed by atoms with Crippen LogP contribution in [0.15, 0.2) is 42.5 Å². The highest BCUT2D eigenvalue weighted by molar-refractivity contribution is 5.66. The van der Waals surface area contributed by atoms with E-state index in [-0.39, 0.29) is 36.1 Å². The van der Waals surface area contributed by atoms with Gasteiger partial charge in [0.05, 0.1) is 23.3 Å². The Kier molecular flexibility index (Phi) is 7.94. The summed E-state index contributed by atoms with van der Waals surface area (Å²) in [5.74, 6) is -1.24. The molecule has 1 aliphatic heterocycles. The fourth-order valence-corrected chi connectivity index (χ4v) is 6.67. The third kappa shape index (κ3) is 6.09. The zero-order valence-electron chi connectivity index (χ0n) is 22.5. The molecular formula is C29H32F7NO3. The first-order valence-corrected chi connectivity index (χ1v) is 13.1. The van der Waals surface area contributed by atoms with Gasteiger partial charge in [0, 0.05) is 18.5 Å². The molecule has 1 aliphatic carbocycles. The second-order valence-electron chi connectivity index (χ2n) is 11.9. The molecule has 2 aromatic carbocycles. The fourth-order valence-electron chi connectivity index (χ4n) is 6.67. The predicted octanol–water partition coefficient (Wildman–Crippen LogP) is 8.53. The minimum absolute atomic E-state index is 0.0632. The molecule has 1 N–H and O–H groups in total. The summed E-state index contributed by atoms with van der Waals surface area (Å²) in [6.07, 6.45) is -11.9. The van der Waals surface area contributed by atoms with E-state index in [4.69, 9.17) is 4.74 Å². The Bertz CT molecular complexity index is 1190. The van der Waals surface area contributed by atoms with Crippen molar-refractivity contribution in [1.82, 2.24) is 4.90 Å². The standard InChI is InChI=1S/C29H32F7NO3/c1-15(17-11-18(28(31,32)33)13-19(12-17)29(34,35)36)40-23-10-9-21-22(24(23)16-5-7-20(30)8-6-16)14-37(26(38)39)25(21)27(2,3)4/h5-8,11-13,15,21-25H,9-10,14H2,1-4H3,(H,38,39)/t15-,21-,22-,23+,24+,25?/m0/s1. The highest BCUT2D eigenvalue weighted by Gasteiger charge is 2.55. The number of fused-ring (bicyclic) bond motifs is 1. The Hall–Kier alpha value is -2.82. The van der Waals surface area contributed by atoms with Gasteiger partial charge in [-0.05, 0) is 78.5 Å². The average molecular weight is 576 g/mol. The Morgan fingerprint density at radius 2 is 1.48 bits per heavy atom. The van der Waals surface area contributed by atoms with Gasteiger partial charge in [0.2, 0.25) is 0 Å². The summed E-state index contributed by atoms with van der Waals surface area (Å²) in [6, 6.07) is 6.78. The van der Waals surface area contributed by atoms with Crippen molar-refractivity contribution in [3.63, 3.8) is 0 Å². The van der Waals surface area contributed by atoms with Crippen molar-refractivity contribution in [1.29, 1.82) is 0 Å². The van der Waals surface area contributed by atoms with Gasteiger partial charge in [0.25, 0.3) is 0 Å². The van der Waals surface area contributed by atoms with E-state index in [1.54, 1.807) is 12.1 Å². The molecule has 0 spiro atoms. The number of amides is 1. The molecule has 4 rings (SSSR count). The Morgan fingerprint density at radius 1 is 0.925 bits per heavy atom. The molecule has 4 nitrogen and oxygen atoms in total. The molecule has 40 heavy (non-hydrogen) atoms. The molecule has 0 bridgehead atoms. The van der Waals surface area contributed by atoms with Crippen LogP contribution in [-0.2, 0) is 17.1 Å². The van der Waals surface area contributed by atoms with Crippen LogP contribution < -0.4 is 0 Å². The minimum atomic E-state index is -4.99. The van der Waals surface area contributed by atoms with Crippen LogP contribution in [0.5, 0.6) is 0 Å². The normalized spacial score (nSPS) is 26.5. The molecule has 1 amide bonds. The maximum Gasteiger partial charge on any atom is 0.416 e. The summed E-state index contributed by atoms with van der Waals surface area (Å²) in [7, 11) is 0. The maximum atomic E-state index is 13.8. The lowest BCUT2D eigenvalue weighted by atomic mass is 9.64. The molecule has 1 saturated heterocycles. The molecule has 6 atom stereocenters. The summed E-state index contributed by atoms with van der Waals surface area (Å²) in [6.45, 7) is 7.46. The lowest BCUT2D eigenvalue weighted by Gasteiger charge is -2.44. The van der Waals surface area contributed by atoms with Crippen LogP contribution in [0.2, 0.25) is 0 Å². The van der Waals surface area contributed by atoms with Crippen LogP contribution in [0.3, 0.4) is 0 Å². The van der Waals surface area contributed by atoms with Crippen molar-refractivity contribution < 1.29 is 45.4 Å². The zero-order valence-corrected chi connectivity index (χ0v) is 22.5. The van der Waals surface area contributed by atoms with Crippen molar-refractivity contribution in [3.8, 4) is 0 Å². The van der Waals surface area contributed by atoms with Crippen molar-refractivity contribution in [2.75, 3.05) is 6.54 Å². The highest BCUT2D eigenvalue weighted by atomic mass is 19.4. The highest BCUT2D eigenvalue weighted by Crippen LogP contribution is 2.53. The molecule has 2 fully saturated rings. The third-order valence-electron chi connectivity index (χ3n) is 8.19. The Morgan fingerprint density at radius 3 is 1.95 bits per heavy atom. The molecule has 1 saturated carbocycles. The number of hydrogen-bond acceptors (Lipinski definition) is 2. The first-order valence-electron chi connectivity index (χ1n) is 13.1. The Balaban J connectivity index is 1.72. The molecule has 1 unspecified atom stereocenters. The van der Waals surface area contributed by atoms with Crippen LogP contribution in [0.25, 0.3) is 0 Å². The molecule has 0 radical (unpaired) electrons. The lowest BCUT2D eigenvalue weighted by Crippen LogP contribution is -2.46. The zero-order chi connectivity index (χ0) is 29.8. The summed E-state index contributed by atoms with van der Waals surface area (Å²) < 4.78 is 101. The Labute approximate surface area is 228 Å². The molecule has 2 aromatic rings. The van der Waals surface area contributed by atoms with E-state index in [0.29, 0.717) is 30.5 Å². The van der Waals surface area contributed by atoms with Gasteiger partial charge in [0.1, 0.15) is 5.82 Å². The number of carbonyl (C=O) groups is 1. The summed E-state index contributed by atoms with van der Waals surface area (Å²) >= 11 is 0. The second kappa shape index (κ2) is 10.5. The summed E-state index contributed by atoms with van der Waals surface area (Å²) in [4.78, 5) is 13.6. The monoisotopic (exact) mass is 575 g/mol. The van der Waals surface area contributed by atoms with Gasteiger partial charge in [-0.2, -0.15) is 26.3 Å². The van der Waals surface area contributed by atoms with Gasteiger partial charge in [-0.15, -0.1) is 0 Å². The van der Waals surface area contributed by atoms with Gasteiger partial charge in [-0.25, -0.2) is 9.18 Å². The molecule has 0 aromatic heterocycles. The number of ether oxygens (including phenoxy) is 1. The van der Waals surface area contributed by atoms with Gasteiger partial charge >= 0.3 is 18.4 Å². The van der Waals surface area contributed by atoms with Crippen molar-refractivity contribution in [2.45, 2.75) is 77.1 Å². The van der Waals surface area contributed by atoms with E-state index in [1.807, 2.05) is 20.8 Å². The number of halogens is 7. The topological polar surface area (TPSA) is 49.8 Å². The molecular weight excluding hydrogens is 543 g/mol. The van der Waals surface area contributed by atoms with E-state index in [1.165, 1.54) is 24.0 Å². The molecule has 1 heterocycles. The fraction of sp³-hybridized carbons (Fsp3) is 0.552. The van der Waals surface area contributed by atoms with E-state index >= 15 is 0 Å². The van der Waals surface area contributed by atoms with Crippen molar-refractivity contribution >= 4 is 6.09 Å². The van der Waals surface area contributed by atoms with E-state index in [0.717, 1.165) is 0 Å². The minimum Gasteiger partial charge on any atom is -0.465 e. The molecule has 220 valence electrons. The number of alkyl halides is 6. The van der Waals surface area contributed by atoms with Gasteiger partial charge in [-0.1, -0.05) is 32.9 Å². The maximum absolute atomic E-state index is 13.8. The largest absolute Gasteiger partial charge is 0.465 e. The quantitative estimate of drug-likeness (QED) is 0.372. The first-order chi connectivity index (χ1) is 18.4. The number of rotatable bonds is 4. The van der Waals surface area contributed by atoms with E-state index in [2.05, 4.69) is 0 Å². The van der Waals surface area contributed by atoms with Gasteiger partial charge in [-0.3, -0.25) is 0 Å². The van der Waals surface area contributed by atoms with Gasteiger partial charge < -0.3 is 14.7 Å². The van der Waals surface area contributed by atoms with Crippen LogP contribution in [-0.4, -0.2) is 34.8 Å². The summed E-state index contributed by atoms with van der Waals surface area (Å²) in [5.41, 5.74) is -2.83. The smallest absolute Gasteiger partial charge is 0.416 e. The number of likely N-dealkylation sites (tertiary alicyclic amines) is 1. The number of hydrogen-bond donors (Lipinski definition) is 1. The van der Waals surface area contributed by atoms with Crippen molar-refractivity contribution in [2.24, 2.45) is 17.3 Å².